The molecule has 1 amide bonds. The number of aromatic amines is 1. The maximum Gasteiger partial charge on any atom is 0.270 e. The van der Waals surface area contributed by atoms with Crippen molar-refractivity contribution in [3.63, 3.8) is 0 Å². The molecule has 0 saturated carbocycles. The second-order valence-electron chi connectivity index (χ2n) is 7.53. The minimum Gasteiger partial charge on any atom is -0.361 e. The highest BCUT2D eigenvalue weighted by Crippen LogP contribution is 2.20. The third kappa shape index (κ3) is 4.33. The number of aryl methyl sites for hydroxylation is 3. The molecule has 6 nitrogen and oxygen atoms in total. The molecule has 0 aliphatic rings. The molecule has 152 valence electrons. The van der Waals surface area contributed by atoms with Crippen LogP contribution >= 0.6 is 0 Å². The van der Waals surface area contributed by atoms with Crippen LogP contribution in [-0.2, 0) is 6.42 Å². The van der Waals surface area contributed by atoms with E-state index in [2.05, 4.69) is 37.7 Å². The highest BCUT2D eigenvalue weighted by molar-refractivity contribution is 5.92. The monoisotopic (exact) mass is 399 g/mol. The van der Waals surface area contributed by atoms with Gasteiger partial charge in [0.25, 0.3) is 5.91 Å². The molecule has 2 aromatic heterocycles. The number of hydrogen-bond acceptors (Lipinski definition) is 4. The number of carbonyl (C=O) groups is 1. The fraction of sp³-hybridized carbons (Fsp3) is 0.208. The van der Waals surface area contributed by atoms with Gasteiger partial charge >= 0.3 is 0 Å². The molecule has 0 fully saturated rings. The third-order valence-electron chi connectivity index (χ3n) is 5.08. The first-order chi connectivity index (χ1) is 14.5. The maximum absolute atomic E-state index is 12.7. The smallest absolute Gasteiger partial charge is 0.270 e. The standard InChI is InChI=1S/C24H25N5O/c1-15-8-9-16(2)21(12-15)28-24-27-17(3)13-22(29-24)23(30)25-11-10-18-14-26-20-7-5-4-6-19(18)20/h4-9,12-14,26H,10-11H2,1-3H3,(H,25,30)(H,27,28,29). The number of hydrogen-bond donors (Lipinski definition) is 3. The van der Waals surface area contributed by atoms with Gasteiger partial charge in [-0.15, -0.1) is 0 Å². The average Bonchev–Trinajstić information content (AvgIpc) is 3.13. The molecule has 2 aromatic carbocycles. The molecule has 4 aromatic rings. The van der Waals surface area contributed by atoms with E-state index < -0.39 is 0 Å². The summed E-state index contributed by atoms with van der Waals surface area (Å²) in [4.78, 5) is 24.8. The van der Waals surface area contributed by atoms with E-state index in [9.17, 15) is 4.79 Å². The van der Waals surface area contributed by atoms with E-state index in [1.54, 1.807) is 6.07 Å². The summed E-state index contributed by atoms with van der Waals surface area (Å²) in [6.07, 6.45) is 2.74. The van der Waals surface area contributed by atoms with Gasteiger partial charge in [0, 0.05) is 35.0 Å². The zero-order valence-corrected chi connectivity index (χ0v) is 17.4. The van der Waals surface area contributed by atoms with Crippen LogP contribution in [0.3, 0.4) is 0 Å². The zero-order chi connectivity index (χ0) is 21.1. The van der Waals surface area contributed by atoms with Gasteiger partial charge in [0.1, 0.15) is 5.69 Å². The van der Waals surface area contributed by atoms with Crippen molar-refractivity contribution in [1.82, 2.24) is 20.3 Å². The number of para-hydroxylation sites is 1. The fourth-order valence-electron chi connectivity index (χ4n) is 3.47. The molecular formula is C24H25N5O. The molecule has 4 rings (SSSR count). The number of nitrogens with zero attached hydrogens (tertiary/aromatic N) is 2. The minimum atomic E-state index is -0.204. The summed E-state index contributed by atoms with van der Waals surface area (Å²) in [6.45, 7) is 6.45. The predicted octanol–water partition coefficient (Wildman–Crippen LogP) is 4.60. The van der Waals surface area contributed by atoms with E-state index in [0.717, 1.165) is 34.4 Å². The summed E-state index contributed by atoms with van der Waals surface area (Å²) in [7, 11) is 0. The summed E-state index contributed by atoms with van der Waals surface area (Å²) in [5.41, 5.74) is 6.55. The molecule has 0 bridgehead atoms. The third-order valence-corrected chi connectivity index (χ3v) is 5.08. The van der Waals surface area contributed by atoms with Gasteiger partial charge in [0.15, 0.2) is 0 Å². The van der Waals surface area contributed by atoms with Gasteiger partial charge in [-0.1, -0.05) is 30.3 Å². The Hall–Kier alpha value is -3.67. The van der Waals surface area contributed by atoms with Crippen LogP contribution in [-0.4, -0.2) is 27.4 Å². The van der Waals surface area contributed by atoms with E-state index in [1.165, 1.54) is 10.9 Å². The Labute approximate surface area is 175 Å². The number of H-pyrrole nitrogens is 1. The summed E-state index contributed by atoms with van der Waals surface area (Å²) in [5, 5.41) is 7.40. The van der Waals surface area contributed by atoms with Crippen LogP contribution in [0, 0.1) is 20.8 Å². The molecule has 3 N–H and O–H groups in total. The van der Waals surface area contributed by atoms with Gasteiger partial charge in [-0.3, -0.25) is 4.79 Å². The van der Waals surface area contributed by atoms with Gasteiger partial charge < -0.3 is 15.6 Å². The second-order valence-corrected chi connectivity index (χ2v) is 7.53. The van der Waals surface area contributed by atoms with Crippen molar-refractivity contribution >= 4 is 28.4 Å². The highest BCUT2D eigenvalue weighted by Gasteiger charge is 2.12. The van der Waals surface area contributed by atoms with Crippen LogP contribution in [0.25, 0.3) is 10.9 Å². The Balaban J connectivity index is 1.44. The molecular weight excluding hydrogens is 374 g/mol. The Morgan fingerprint density at radius 3 is 2.73 bits per heavy atom. The van der Waals surface area contributed by atoms with E-state index >= 15 is 0 Å². The molecule has 0 aliphatic carbocycles. The quantitative estimate of drug-likeness (QED) is 0.442. The lowest BCUT2D eigenvalue weighted by atomic mass is 10.1. The van der Waals surface area contributed by atoms with E-state index in [0.29, 0.717) is 18.2 Å². The summed E-state index contributed by atoms with van der Waals surface area (Å²) in [6, 6.07) is 16.0. The number of fused-ring (bicyclic) bond motifs is 1. The highest BCUT2D eigenvalue weighted by atomic mass is 16.1. The second kappa shape index (κ2) is 8.37. The molecule has 0 radical (unpaired) electrons. The maximum atomic E-state index is 12.7. The first kappa shape index (κ1) is 19.6. The number of nitrogens with one attached hydrogen (secondary N) is 3. The number of carbonyl (C=O) groups excluding carboxylic acids is 1. The molecule has 0 aliphatic heterocycles. The van der Waals surface area contributed by atoms with Crippen molar-refractivity contribution in [2.45, 2.75) is 27.2 Å². The van der Waals surface area contributed by atoms with Crippen molar-refractivity contribution in [1.29, 1.82) is 0 Å². The minimum absolute atomic E-state index is 0.204. The number of rotatable bonds is 6. The van der Waals surface area contributed by atoms with Gasteiger partial charge in [-0.25, -0.2) is 9.97 Å². The fourth-order valence-corrected chi connectivity index (χ4v) is 3.47. The predicted molar refractivity (Wildman–Crippen MR) is 120 cm³/mol. The van der Waals surface area contributed by atoms with Crippen molar-refractivity contribution in [2.24, 2.45) is 0 Å². The van der Waals surface area contributed by atoms with Crippen molar-refractivity contribution < 1.29 is 4.79 Å². The Morgan fingerprint density at radius 2 is 1.87 bits per heavy atom. The largest absolute Gasteiger partial charge is 0.361 e. The van der Waals surface area contributed by atoms with Crippen LogP contribution in [0.1, 0.15) is 32.9 Å². The molecule has 0 unspecified atom stereocenters. The molecule has 30 heavy (non-hydrogen) atoms. The zero-order valence-electron chi connectivity index (χ0n) is 17.4. The van der Waals surface area contributed by atoms with Crippen LogP contribution in [0.2, 0.25) is 0 Å². The van der Waals surface area contributed by atoms with Gasteiger partial charge in [-0.05, 0) is 62.1 Å². The van der Waals surface area contributed by atoms with E-state index in [4.69, 9.17) is 0 Å². The molecule has 0 saturated heterocycles. The van der Waals surface area contributed by atoms with Crippen molar-refractivity contribution in [2.75, 3.05) is 11.9 Å². The Bertz CT molecular complexity index is 1210. The number of amides is 1. The molecule has 0 atom stereocenters. The number of benzene rings is 2. The Kier molecular flexibility index (Phi) is 5.48. The normalized spacial score (nSPS) is 10.9. The topological polar surface area (TPSA) is 82.7 Å². The van der Waals surface area contributed by atoms with Crippen LogP contribution < -0.4 is 10.6 Å². The van der Waals surface area contributed by atoms with Gasteiger partial charge in [-0.2, -0.15) is 0 Å². The van der Waals surface area contributed by atoms with Crippen molar-refractivity contribution in [3.05, 3.63) is 82.8 Å². The van der Waals surface area contributed by atoms with Crippen LogP contribution in [0.5, 0.6) is 0 Å². The first-order valence-electron chi connectivity index (χ1n) is 10.0. The SMILES string of the molecule is Cc1ccc(C)c(Nc2nc(C)cc(C(=O)NCCc3c[nH]c4ccccc34)n2)c1. The average molecular weight is 399 g/mol. The first-order valence-corrected chi connectivity index (χ1v) is 10.0. The van der Waals surface area contributed by atoms with Crippen molar-refractivity contribution in [3.8, 4) is 0 Å². The van der Waals surface area contributed by atoms with Crippen LogP contribution in [0.15, 0.2) is 54.7 Å². The lowest BCUT2D eigenvalue weighted by Crippen LogP contribution is -2.27. The van der Waals surface area contributed by atoms with E-state index in [-0.39, 0.29) is 5.91 Å². The van der Waals surface area contributed by atoms with Gasteiger partial charge in [0.05, 0.1) is 0 Å². The summed E-state index contributed by atoms with van der Waals surface area (Å²) in [5.74, 6) is 0.217. The molecule has 2 heterocycles. The van der Waals surface area contributed by atoms with E-state index in [1.807, 2.05) is 57.3 Å². The lowest BCUT2D eigenvalue weighted by molar-refractivity contribution is 0.0949. The van der Waals surface area contributed by atoms with Crippen LogP contribution in [0.4, 0.5) is 11.6 Å². The Morgan fingerprint density at radius 1 is 1.03 bits per heavy atom. The van der Waals surface area contributed by atoms with Gasteiger partial charge in [0.2, 0.25) is 5.95 Å². The number of aromatic nitrogens is 3. The molecule has 0 spiro atoms. The summed E-state index contributed by atoms with van der Waals surface area (Å²) >= 11 is 0. The number of anilines is 2. The molecule has 6 heteroatoms. The lowest BCUT2D eigenvalue weighted by Gasteiger charge is -2.11. The summed E-state index contributed by atoms with van der Waals surface area (Å²) < 4.78 is 0.